The van der Waals surface area contributed by atoms with Gasteiger partial charge in [0.25, 0.3) is 0 Å². The molecule has 6 aromatic rings. The first kappa shape index (κ1) is 18.1. The van der Waals surface area contributed by atoms with Crippen molar-refractivity contribution in [2.24, 2.45) is 0 Å². The van der Waals surface area contributed by atoms with Crippen LogP contribution in [0.3, 0.4) is 0 Å². The number of hydrogen-bond acceptors (Lipinski definition) is 5. The van der Waals surface area contributed by atoms with Crippen LogP contribution in [0.5, 0.6) is 0 Å². The second kappa shape index (κ2) is 7.00. The van der Waals surface area contributed by atoms with Gasteiger partial charge in [0.1, 0.15) is 22.4 Å². The molecule has 158 valence electrons. The molecule has 0 bridgehead atoms. The Morgan fingerprint density at radius 1 is 0.788 bits per heavy atom. The largest absolute Gasteiger partial charge is 0.456 e. The smallest absolute Gasteiger partial charge is 0.177 e. The van der Waals surface area contributed by atoms with Crippen molar-refractivity contribution >= 4 is 56.2 Å². The summed E-state index contributed by atoms with van der Waals surface area (Å²) in [4.78, 5) is 6.90. The predicted molar refractivity (Wildman–Crippen MR) is 132 cm³/mol. The average Bonchev–Trinajstić information content (AvgIpc) is 3.44. The van der Waals surface area contributed by atoms with Crippen LogP contribution in [0, 0.1) is 0 Å². The molecule has 0 amide bonds. The highest BCUT2D eigenvalue weighted by atomic mass is 16.3. The third kappa shape index (κ3) is 2.69. The van der Waals surface area contributed by atoms with Gasteiger partial charge >= 0.3 is 0 Å². The summed E-state index contributed by atoms with van der Waals surface area (Å²) in [6.45, 7) is 0.717. The van der Waals surface area contributed by atoms with Crippen molar-refractivity contribution in [3.8, 4) is 0 Å². The second-order valence-electron chi connectivity index (χ2n) is 8.09. The van der Waals surface area contributed by atoms with Crippen molar-refractivity contribution in [2.45, 2.75) is 6.54 Å². The van der Waals surface area contributed by atoms with E-state index in [1.165, 1.54) is 0 Å². The summed E-state index contributed by atoms with van der Waals surface area (Å²) in [5, 5.41) is 5.43. The summed E-state index contributed by atoms with van der Waals surface area (Å²) in [6.07, 6.45) is 5.77. The normalized spacial score (nSPS) is 12.8. The summed E-state index contributed by atoms with van der Waals surface area (Å²) in [7, 11) is 0. The first-order chi connectivity index (χ1) is 16.4. The van der Waals surface area contributed by atoms with E-state index in [2.05, 4.69) is 51.6 Å². The molecular formula is C28H19N3O2. The maximum absolute atomic E-state index is 6.36. The fourth-order valence-corrected chi connectivity index (χ4v) is 4.76. The van der Waals surface area contributed by atoms with E-state index in [4.69, 9.17) is 8.83 Å². The van der Waals surface area contributed by atoms with Crippen molar-refractivity contribution in [3.05, 3.63) is 103 Å². The average molecular weight is 429 g/mol. The molecule has 4 heterocycles. The Labute approximate surface area is 189 Å². The van der Waals surface area contributed by atoms with Crippen LogP contribution in [0.2, 0.25) is 0 Å². The number of rotatable bonds is 3. The maximum Gasteiger partial charge on any atom is 0.177 e. The van der Waals surface area contributed by atoms with Crippen molar-refractivity contribution < 1.29 is 8.83 Å². The van der Waals surface area contributed by atoms with Crippen molar-refractivity contribution in [1.29, 1.82) is 0 Å². The lowest BCUT2D eigenvalue weighted by Crippen LogP contribution is -2.13. The molecule has 3 aromatic carbocycles. The SMILES string of the molecule is C1=Cc2oc3cccc(N(c4ccccc4)c4ccnc5c4oc4ccccc45)c3c2CN1. The van der Waals surface area contributed by atoms with Gasteiger partial charge in [0.15, 0.2) is 5.58 Å². The summed E-state index contributed by atoms with van der Waals surface area (Å²) < 4.78 is 12.6. The third-order valence-corrected chi connectivity index (χ3v) is 6.19. The number of nitrogens with one attached hydrogen (secondary N) is 1. The molecular weight excluding hydrogens is 410 g/mol. The molecule has 33 heavy (non-hydrogen) atoms. The topological polar surface area (TPSA) is 54.4 Å². The molecule has 0 aliphatic carbocycles. The molecule has 5 heteroatoms. The lowest BCUT2D eigenvalue weighted by molar-refractivity contribution is 0.592. The zero-order valence-electron chi connectivity index (χ0n) is 17.7. The van der Waals surface area contributed by atoms with E-state index in [0.29, 0.717) is 0 Å². The number of hydrogen-bond donors (Lipinski definition) is 1. The zero-order valence-corrected chi connectivity index (χ0v) is 17.7. The standard InChI is InChI=1S/C28H19N3O2/c1-2-7-18(8-3-1)31(21-10-6-12-25-26(21)20-17-29-15-14-24(20)32-25)22-13-16-30-27-19-9-4-5-11-23(19)33-28(22)27/h1-16,29H,17H2. The number of pyridine rings is 1. The van der Waals surface area contributed by atoms with Crippen molar-refractivity contribution in [2.75, 3.05) is 4.90 Å². The van der Waals surface area contributed by atoms with Gasteiger partial charge in [-0.1, -0.05) is 36.4 Å². The summed E-state index contributed by atoms with van der Waals surface area (Å²) in [5.41, 5.74) is 7.46. The van der Waals surface area contributed by atoms with Crippen molar-refractivity contribution in [3.63, 3.8) is 0 Å². The molecule has 5 nitrogen and oxygen atoms in total. The van der Waals surface area contributed by atoms with Crippen LogP contribution in [-0.4, -0.2) is 4.98 Å². The third-order valence-electron chi connectivity index (χ3n) is 6.19. The summed E-state index contributed by atoms with van der Waals surface area (Å²) >= 11 is 0. The van der Waals surface area contributed by atoms with E-state index in [9.17, 15) is 0 Å². The maximum atomic E-state index is 6.36. The Morgan fingerprint density at radius 2 is 1.64 bits per heavy atom. The molecule has 7 rings (SSSR count). The number of fused-ring (bicyclic) bond motifs is 6. The van der Waals surface area contributed by atoms with Gasteiger partial charge in [-0.2, -0.15) is 0 Å². The zero-order chi connectivity index (χ0) is 21.8. The number of aromatic nitrogens is 1. The Morgan fingerprint density at radius 3 is 2.58 bits per heavy atom. The molecule has 0 saturated heterocycles. The molecule has 1 N–H and O–H groups in total. The number of para-hydroxylation sites is 2. The molecule has 0 fully saturated rings. The van der Waals surface area contributed by atoms with E-state index >= 15 is 0 Å². The quantitative estimate of drug-likeness (QED) is 0.321. The first-order valence-corrected chi connectivity index (χ1v) is 10.9. The van der Waals surface area contributed by atoms with Crippen LogP contribution in [0.25, 0.3) is 39.1 Å². The van der Waals surface area contributed by atoms with Crippen LogP contribution >= 0.6 is 0 Å². The van der Waals surface area contributed by atoms with E-state index in [1.54, 1.807) is 0 Å². The first-order valence-electron chi connectivity index (χ1n) is 10.9. The molecule has 0 radical (unpaired) electrons. The number of nitrogens with zero attached hydrogens (tertiary/aromatic N) is 2. The lowest BCUT2D eigenvalue weighted by Gasteiger charge is -2.26. The molecule has 0 spiro atoms. The molecule has 0 unspecified atom stereocenters. The molecule has 0 saturated carbocycles. The van der Waals surface area contributed by atoms with Crippen LogP contribution in [0.1, 0.15) is 11.3 Å². The van der Waals surface area contributed by atoms with Gasteiger partial charge in [-0.05, 0) is 48.5 Å². The van der Waals surface area contributed by atoms with Crippen molar-refractivity contribution in [1.82, 2.24) is 10.3 Å². The fraction of sp³-hybridized carbons (Fsp3) is 0.0357. The Kier molecular flexibility index (Phi) is 3.84. The van der Waals surface area contributed by atoms with E-state index < -0.39 is 0 Å². The minimum Gasteiger partial charge on any atom is -0.456 e. The fourth-order valence-electron chi connectivity index (χ4n) is 4.76. The second-order valence-corrected chi connectivity index (χ2v) is 8.09. The Hall–Kier alpha value is -4.51. The highest BCUT2D eigenvalue weighted by molar-refractivity contribution is 6.09. The monoisotopic (exact) mass is 429 g/mol. The summed E-state index contributed by atoms with van der Waals surface area (Å²) in [5.74, 6) is 0.896. The molecule has 3 aromatic heterocycles. The minimum absolute atomic E-state index is 0.717. The molecule has 1 aliphatic heterocycles. The number of benzene rings is 3. The number of anilines is 3. The van der Waals surface area contributed by atoms with Gasteiger partial charge in [-0.25, -0.2) is 0 Å². The van der Waals surface area contributed by atoms with Gasteiger partial charge in [0.05, 0.1) is 11.4 Å². The van der Waals surface area contributed by atoms with Gasteiger partial charge in [-0.3, -0.25) is 4.98 Å². The van der Waals surface area contributed by atoms with Gasteiger partial charge in [-0.15, -0.1) is 0 Å². The number of furan rings is 2. The van der Waals surface area contributed by atoms with Gasteiger partial charge < -0.3 is 19.1 Å². The highest BCUT2D eigenvalue weighted by Gasteiger charge is 2.25. The van der Waals surface area contributed by atoms with E-state index in [-0.39, 0.29) is 0 Å². The van der Waals surface area contributed by atoms with Gasteiger partial charge in [0.2, 0.25) is 0 Å². The van der Waals surface area contributed by atoms with E-state index in [1.807, 2.05) is 60.9 Å². The predicted octanol–water partition coefficient (Wildman–Crippen LogP) is 7.27. The van der Waals surface area contributed by atoms with Gasteiger partial charge in [0, 0.05) is 41.0 Å². The summed E-state index contributed by atoms with van der Waals surface area (Å²) in [6, 6.07) is 26.6. The van der Waals surface area contributed by atoms with Crippen LogP contribution in [0.15, 0.2) is 100 Å². The molecule has 1 aliphatic rings. The Bertz CT molecular complexity index is 1680. The highest BCUT2D eigenvalue weighted by Crippen LogP contribution is 2.45. The minimum atomic E-state index is 0.717. The van der Waals surface area contributed by atoms with Crippen LogP contribution < -0.4 is 10.2 Å². The molecule has 0 atom stereocenters. The van der Waals surface area contributed by atoms with E-state index in [0.717, 1.165) is 68.0 Å². The van der Waals surface area contributed by atoms with Crippen LogP contribution in [-0.2, 0) is 6.54 Å². The lowest BCUT2D eigenvalue weighted by atomic mass is 10.0. The Balaban J connectivity index is 1.57. The van der Waals surface area contributed by atoms with Crippen LogP contribution in [0.4, 0.5) is 17.1 Å².